The Kier molecular flexibility index (Phi) is 1.92. The van der Waals surface area contributed by atoms with Crippen LogP contribution in [0.5, 0.6) is 0 Å². The van der Waals surface area contributed by atoms with E-state index in [2.05, 4.69) is 0 Å². The summed E-state index contributed by atoms with van der Waals surface area (Å²) >= 11 is 0. The molecule has 0 fully saturated rings. The number of rotatable bonds is 1. The molecule has 1 aromatic carbocycles. The smallest absolute Gasteiger partial charge is 0.163 e. The van der Waals surface area contributed by atoms with E-state index in [9.17, 15) is 4.79 Å². The molecule has 14 heavy (non-hydrogen) atoms. The fraction of sp³-hybridized carbons (Fsp3) is 0.250. The number of furan rings is 1. The van der Waals surface area contributed by atoms with Crippen LogP contribution >= 0.6 is 0 Å². The molecule has 0 N–H and O–H groups in total. The van der Waals surface area contributed by atoms with Crippen LogP contribution in [-0.2, 0) is 0 Å². The fourth-order valence-corrected chi connectivity index (χ4v) is 1.77. The molecule has 0 aliphatic heterocycles. The molecular weight excluding hydrogens is 176 g/mol. The van der Waals surface area contributed by atoms with E-state index >= 15 is 0 Å². The Morgan fingerprint density at radius 2 is 2.00 bits per heavy atom. The minimum Gasteiger partial charge on any atom is -0.461 e. The number of hydrogen-bond donors (Lipinski definition) is 0. The first-order valence-corrected chi connectivity index (χ1v) is 4.60. The van der Waals surface area contributed by atoms with E-state index in [1.54, 1.807) is 6.92 Å². The second-order valence-electron chi connectivity index (χ2n) is 3.59. The molecule has 0 spiro atoms. The Morgan fingerprint density at radius 1 is 1.29 bits per heavy atom. The lowest BCUT2D eigenvalue weighted by molar-refractivity contribution is 0.101. The number of benzene rings is 1. The van der Waals surface area contributed by atoms with Gasteiger partial charge in [-0.3, -0.25) is 4.79 Å². The van der Waals surface area contributed by atoms with Gasteiger partial charge in [0.1, 0.15) is 11.3 Å². The number of hydrogen-bond acceptors (Lipinski definition) is 2. The second kappa shape index (κ2) is 2.98. The molecule has 1 heterocycles. The van der Waals surface area contributed by atoms with Crippen LogP contribution in [-0.4, -0.2) is 5.78 Å². The average molecular weight is 188 g/mol. The van der Waals surface area contributed by atoms with E-state index < -0.39 is 0 Å². The molecule has 0 aliphatic carbocycles. The van der Waals surface area contributed by atoms with Crippen LogP contribution in [0.1, 0.15) is 28.6 Å². The molecule has 0 saturated carbocycles. The van der Waals surface area contributed by atoms with Gasteiger partial charge in [0.25, 0.3) is 0 Å². The van der Waals surface area contributed by atoms with Crippen molar-refractivity contribution in [2.75, 3.05) is 0 Å². The lowest BCUT2D eigenvalue weighted by Gasteiger charge is -1.94. The number of aryl methyl sites for hydroxylation is 2. The monoisotopic (exact) mass is 188 g/mol. The van der Waals surface area contributed by atoms with Gasteiger partial charge in [-0.25, -0.2) is 0 Å². The lowest BCUT2D eigenvalue weighted by atomic mass is 10.1. The van der Waals surface area contributed by atoms with Crippen molar-refractivity contribution in [3.63, 3.8) is 0 Å². The Bertz CT molecular complexity index is 506. The van der Waals surface area contributed by atoms with E-state index in [0.29, 0.717) is 11.3 Å². The Balaban J connectivity index is 2.86. The van der Waals surface area contributed by atoms with Crippen molar-refractivity contribution in [3.05, 3.63) is 35.1 Å². The predicted octanol–water partition coefficient (Wildman–Crippen LogP) is 3.25. The molecule has 0 amide bonds. The molecule has 0 atom stereocenters. The van der Waals surface area contributed by atoms with Crippen molar-refractivity contribution in [2.45, 2.75) is 20.8 Å². The minimum atomic E-state index is 0.0619. The Labute approximate surface area is 82.5 Å². The van der Waals surface area contributed by atoms with E-state index in [1.165, 1.54) is 0 Å². The summed E-state index contributed by atoms with van der Waals surface area (Å²) in [5.74, 6) is 0.768. The van der Waals surface area contributed by atoms with Crippen molar-refractivity contribution in [1.29, 1.82) is 0 Å². The highest BCUT2D eigenvalue weighted by Gasteiger charge is 2.14. The van der Waals surface area contributed by atoms with Gasteiger partial charge in [-0.2, -0.15) is 0 Å². The van der Waals surface area contributed by atoms with Crippen LogP contribution in [0, 0.1) is 13.8 Å². The van der Waals surface area contributed by atoms with Crippen molar-refractivity contribution < 1.29 is 9.21 Å². The molecule has 2 nitrogen and oxygen atoms in total. The van der Waals surface area contributed by atoms with Gasteiger partial charge in [-0.05, 0) is 32.9 Å². The van der Waals surface area contributed by atoms with Gasteiger partial charge in [0.2, 0.25) is 0 Å². The van der Waals surface area contributed by atoms with Crippen LogP contribution in [0.2, 0.25) is 0 Å². The Hall–Kier alpha value is -1.57. The average Bonchev–Trinajstić information content (AvgIpc) is 2.40. The third kappa shape index (κ3) is 1.23. The molecule has 0 radical (unpaired) electrons. The molecule has 72 valence electrons. The number of carbonyl (C=O) groups is 1. The van der Waals surface area contributed by atoms with Gasteiger partial charge >= 0.3 is 0 Å². The zero-order valence-corrected chi connectivity index (χ0v) is 8.55. The van der Waals surface area contributed by atoms with Crippen LogP contribution < -0.4 is 0 Å². The maximum absolute atomic E-state index is 11.4. The van der Waals surface area contributed by atoms with Gasteiger partial charge in [0, 0.05) is 5.39 Å². The van der Waals surface area contributed by atoms with E-state index in [-0.39, 0.29) is 5.78 Å². The summed E-state index contributed by atoms with van der Waals surface area (Å²) in [7, 11) is 0. The molecule has 0 aliphatic rings. The van der Waals surface area contributed by atoms with Gasteiger partial charge in [-0.1, -0.05) is 11.6 Å². The highest BCUT2D eigenvalue weighted by atomic mass is 16.3. The van der Waals surface area contributed by atoms with Crippen molar-refractivity contribution >= 4 is 16.8 Å². The Morgan fingerprint density at radius 3 is 2.64 bits per heavy atom. The summed E-state index contributed by atoms with van der Waals surface area (Å²) < 4.78 is 5.49. The molecule has 1 aromatic heterocycles. The van der Waals surface area contributed by atoms with Gasteiger partial charge < -0.3 is 4.42 Å². The van der Waals surface area contributed by atoms with Gasteiger partial charge in [0.05, 0.1) is 5.56 Å². The van der Waals surface area contributed by atoms with E-state index in [4.69, 9.17) is 4.42 Å². The zero-order valence-electron chi connectivity index (χ0n) is 8.55. The molecule has 2 rings (SSSR count). The quantitative estimate of drug-likeness (QED) is 0.643. The summed E-state index contributed by atoms with van der Waals surface area (Å²) in [6, 6.07) is 5.88. The van der Waals surface area contributed by atoms with E-state index in [1.807, 2.05) is 32.0 Å². The molecule has 2 heteroatoms. The summed E-state index contributed by atoms with van der Waals surface area (Å²) in [6.07, 6.45) is 0. The summed E-state index contributed by atoms with van der Waals surface area (Å²) in [5.41, 5.74) is 2.64. The summed E-state index contributed by atoms with van der Waals surface area (Å²) in [6.45, 7) is 5.40. The topological polar surface area (TPSA) is 30.2 Å². The summed E-state index contributed by atoms with van der Waals surface area (Å²) in [4.78, 5) is 11.4. The first kappa shape index (κ1) is 9.00. The third-order valence-electron chi connectivity index (χ3n) is 2.37. The zero-order chi connectivity index (χ0) is 10.3. The standard InChI is InChI=1S/C12H12O2/c1-7-4-5-11-10(6-7)12(8(2)13)9(3)14-11/h4-6H,1-3H3. The largest absolute Gasteiger partial charge is 0.461 e. The molecule has 0 bridgehead atoms. The minimum absolute atomic E-state index is 0.0619. The van der Waals surface area contributed by atoms with Gasteiger partial charge in [-0.15, -0.1) is 0 Å². The second-order valence-corrected chi connectivity index (χ2v) is 3.59. The maximum atomic E-state index is 11.4. The van der Waals surface area contributed by atoms with Crippen LogP contribution in [0.3, 0.4) is 0 Å². The number of fused-ring (bicyclic) bond motifs is 1. The normalized spacial score (nSPS) is 10.8. The highest BCUT2D eigenvalue weighted by Crippen LogP contribution is 2.26. The maximum Gasteiger partial charge on any atom is 0.163 e. The van der Waals surface area contributed by atoms with Crippen LogP contribution in [0.15, 0.2) is 22.6 Å². The van der Waals surface area contributed by atoms with Crippen molar-refractivity contribution in [1.82, 2.24) is 0 Å². The molecule has 0 unspecified atom stereocenters. The molecule has 2 aromatic rings. The first-order valence-electron chi connectivity index (χ1n) is 4.60. The van der Waals surface area contributed by atoms with Gasteiger partial charge in [0.15, 0.2) is 5.78 Å². The number of Topliss-reactive ketones (excluding diaryl/α,β-unsaturated/α-hetero) is 1. The fourth-order valence-electron chi connectivity index (χ4n) is 1.77. The third-order valence-corrected chi connectivity index (χ3v) is 2.37. The predicted molar refractivity (Wildman–Crippen MR) is 55.7 cm³/mol. The number of ketones is 1. The first-order chi connectivity index (χ1) is 6.59. The number of carbonyl (C=O) groups excluding carboxylic acids is 1. The molecular formula is C12H12O2. The van der Waals surface area contributed by atoms with Crippen LogP contribution in [0.25, 0.3) is 11.0 Å². The van der Waals surface area contributed by atoms with E-state index in [0.717, 1.165) is 16.5 Å². The SMILES string of the molecule is CC(=O)c1c(C)oc2ccc(C)cc12. The summed E-state index contributed by atoms with van der Waals surface area (Å²) in [5, 5.41) is 0.926. The van der Waals surface area contributed by atoms with Crippen LogP contribution in [0.4, 0.5) is 0 Å². The highest BCUT2D eigenvalue weighted by molar-refractivity contribution is 6.07. The lowest BCUT2D eigenvalue weighted by Crippen LogP contribution is -1.92. The molecule has 0 saturated heterocycles. The van der Waals surface area contributed by atoms with Crippen molar-refractivity contribution in [2.24, 2.45) is 0 Å². The van der Waals surface area contributed by atoms with Crippen molar-refractivity contribution in [3.8, 4) is 0 Å².